The van der Waals surface area contributed by atoms with E-state index in [9.17, 15) is 18.0 Å². The highest BCUT2D eigenvalue weighted by molar-refractivity contribution is 7.87. The Kier molecular flexibility index (Phi) is 8.01. The third-order valence-corrected chi connectivity index (χ3v) is 5.62. The molecule has 154 valence electrons. The smallest absolute Gasteiger partial charge is 0.337 e. The van der Waals surface area contributed by atoms with E-state index in [1.165, 1.54) is 6.20 Å². The summed E-state index contributed by atoms with van der Waals surface area (Å²) >= 11 is 0. The molecule has 8 nitrogen and oxygen atoms in total. The molecule has 0 amide bonds. The zero-order valence-corrected chi connectivity index (χ0v) is 16.9. The van der Waals surface area contributed by atoms with Gasteiger partial charge in [0.2, 0.25) is 0 Å². The summed E-state index contributed by atoms with van der Waals surface area (Å²) in [4.78, 5) is 24.1. The van der Waals surface area contributed by atoms with Gasteiger partial charge < -0.3 is 9.47 Å². The number of ether oxygens (including phenoxy) is 2. The number of carbonyl (C=O) groups is 2. The van der Waals surface area contributed by atoms with Gasteiger partial charge in [0, 0.05) is 12.7 Å². The monoisotopic (exact) mass is 410 g/mol. The molecule has 0 aliphatic carbocycles. The lowest BCUT2D eigenvalue weighted by Gasteiger charge is -2.31. The van der Waals surface area contributed by atoms with Gasteiger partial charge in [-0.15, -0.1) is 0 Å². The van der Waals surface area contributed by atoms with Gasteiger partial charge in [0.25, 0.3) is 0 Å². The van der Waals surface area contributed by atoms with Crippen molar-refractivity contribution in [3.63, 3.8) is 0 Å². The fourth-order valence-corrected chi connectivity index (χ4v) is 4.17. The number of nitrogens with zero attached hydrogens (tertiary/aromatic N) is 1. The molecule has 0 spiro atoms. The zero-order valence-electron chi connectivity index (χ0n) is 16.1. The number of nitrogens with one attached hydrogen (secondary N) is 1. The minimum Gasteiger partial charge on any atom is -0.466 e. The molecule has 0 bridgehead atoms. The van der Waals surface area contributed by atoms with Crippen LogP contribution in [0.1, 0.15) is 32.3 Å². The van der Waals surface area contributed by atoms with Crippen LogP contribution in [0.3, 0.4) is 0 Å². The van der Waals surface area contributed by atoms with E-state index >= 15 is 0 Å². The average molecular weight is 410 g/mol. The summed E-state index contributed by atoms with van der Waals surface area (Å²) in [6.45, 7) is 3.81. The van der Waals surface area contributed by atoms with Crippen molar-refractivity contribution in [2.75, 3.05) is 19.8 Å². The van der Waals surface area contributed by atoms with E-state index in [1.807, 2.05) is 30.3 Å². The molecule has 0 saturated heterocycles. The van der Waals surface area contributed by atoms with Crippen molar-refractivity contribution in [2.45, 2.75) is 39.2 Å². The standard InChI is InChI=1S/C19H26N2O6S/c1-3-26-18(22)13-17-16(19(23)27-4-2)14-21(28(24,25)20-17)12-8-11-15-9-6-5-7-10-15/h5-7,9-10,14,17,20H,3-4,8,11-13H2,1-2H3. The second-order valence-electron chi connectivity index (χ2n) is 6.19. The van der Waals surface area contributed by atoms with Gasteiger partial charge in [-0.1, -0.05) is 30.3 Å². The predicted octanol–water partition coefficient (Wildman–Crippen LogP) is 1.54. The van der Waals surface area contributed by atoms with Crippen LogP contribution in [0.2, 0.25) is 0 Å². The first kappa shape index (κ1) is 21.9. The average Bonchev–Trinajstić information content (AvgIpc) is 2.64. The molecule has 9 heteroatoms. The molecule has 0 aromatic heterocycles. The van der Waals surface area contributed by atoms with Gasteiger partial charge in [0.1, 0.15) is 0 Å². The Balaban J connectivity index is 2.15. The molecular formula is C19H26N2O6S. The molecule has 2 rings (SSSR count). The molecule has 1 aromatic rings. The van der Waals surface area contributed by atoms with E-state index in [2.05, 4.69) is 4.72 Å². The van der Waals surface area contributed by atoms with Crippen LogP contribution in [-0.2, 0) is 35.7 Å². The first-order chi connectivity index (χ1) is 13.4. The first-order valence-electron chi connectivity index (χ1n) is 9.24. The fraction of sp³-hybridized carbons (Fsp3) is 0.474. The highest BCUT2D eigenvalue weighted by Gasteiger charge is 2.36. The molecule has 0 saturated carbocycles. The Morgan fingerprint density at radius 1 is 1.11 bits per heavy atom. The Labute approximate surface area is 165 Å². The van der Waals surface area contributed by atoms with Crippen LogP contribution in [0.5, 0.6) is 0 Å². The summed E-state index contributed by atoms with van der Waals surface area (Å²) in [6.07, 6.45) is 2.25. The number of rotatable bonds is 9. The van der Waals surface area contributed by atoms with Crippen LogP contribution >= 0.6 is 0 Å². The highest BCUT2D eigenvalue weighted by atomic mass is 32.2. The molecule has 1 heterocycles. The minimum absolute atomic E-state index is 0.0874. The Morgan fingerprint density at radius 2 is 1.79 bits per heavy atom. The van der Waals surface area contributed by atoms with Crippen molar-refractivity contribution in [1.82, 2.24) is 9.03 Å². The molecule has 0 fully saturated rings. The van der Waals surface area contributed by atoms with E-state index in [1.54, 1.807) is 13.8 Å². The topological polar surface area (TPSA) is 102 Å². The molecule has 28 heavy (non-hydrogen) atoms. The van der Waals surface area contributed by atoms with Gasteiger partial charge in [-0.2, -0.15) is 13.1 Å². The maximum absolute atomic E-state index is 12.6. The molecular weight excluding hydrogens is 384 g/mol. The van der Waals surface area contributed by atoms with Crippen LogP contribution in [-0.4, -0.2) is 50.5 Å². The van der Waals surface area contributed by atoms with Gasteiger partial charge in [-0.25, -0.2) is 4.79 Å². The van der Waals surface area contributed by atoms with Crippen LogP contribution in [0.25, 0.3) is 0 Å². The molecule has 1 N–H and O–H groups in total. The largest absolute Gasteiger partial charge is 0.466 e. The molecule has 1 atom stereocenters. The quantitative estimate of drug-likeness (QED) is 0.620. The second kappa shape index (κ2) is 10.2. The van der Waals surface area contributed by atoms with Gasteiger partial charge in [0.15, 0.2) is 0 Å². The second-order valence-corrected chi connectivity index (χ2v) is 7.84. The van der Waals surface area contributed by atoms with E-state index in [0.29, 0.717) is 12.8 Å². The van der Waals surface area contributed by atoms with E-state index in [0.717, 1.165) is 9.87 Å². The first-order valence-corrected chi connectivity index (χ1v) is 10.7. The summed E-state index contributed by atoms with van der Waals surface area (Å²) in [5.41, 5.74) is 1.18. The minimum atomic E-state index is -3.88. The van der Waals surface area contributed by atoms with Crippen molar-refractivity contribution in [3.8, 4) is 0 Å². The van der Waals surface area contributed by atoms with Gasteiger partial charge >= 0.3 is 22.1 Å². The third kappa shape index (κ3) is 6.07. The lowest BCUT2D eigenvalue weighted by atomic mass is 10.1. The van der Waals surface area contributed by atoms with Crippen LogP contribution in [0, 0.1) is 0 Å². The fourth-order valence-electron chi connectivity index (χ4n) is 2.84. The highest BCUT2D eigenvalue weighted by Crippen LogP contribution is 2.21. The Bertz CT molecular complexity index is 807. The summed E-state index contributed by atoms with van der Waals surface area (Å²) in [5, 5.41) is 0. The van der Waals surface area contributed by atoms with Crippen LogP contribution in [0.4, 0.5) is 0 Å². The molecule has 1 aromatic carbocycles. The van der Waals surface area contributed by atoms with Crippen molar-refractivity contribution < 1.29 is 27.5 Å². The Morgan fingerprint density at radius 3 is 2.43 bits per heavy atom. The van der Waals surface area contributed by atoms with Crippen molar-refractivity contribution >= 4 is 22.1 Å². The van der Waals surface area contributed by atoms with Gasteiger partial charge in [-0.05, 0) is 32.3 Å². The summed E-state index contributed by atoms with van der Waals surface area (Å²) < 4.78 is 38.5. The molecule has 1 aliphatic heterocycles. The number of hydrogen-bond donors (Lipinski definition) is 1. The third-order valence-electron chi connectivity index (χ3n) is 4.13. The maximum atomic E-state index is 12.6. The van der Waals surface area contributed by atoms with Gasteiger partial charge in [-0.3, -0.25) is 9.10 Å². The summed E-state index contributed by atoms with van der Waals surface area (Å²) in [5.74, 6) is -1.25. The van der Waals surface area contributed by atoms with Gasteiger partial charge in [0.05, 0.1) is 31.2 Å². The summed E-state index contributed by atoms with van der Waals surface area (Å²) in [6, 6.07) is 8.69. The lowest BCUT2D eigenvalue weighted by Crippen LogP contribution is -2.51. The van der Waals surface area contributed by atoms with Crippen LogP contribution < -0.4 is 4.72 Å². The lowest BCUT2D eigenvalue weighted by molar-refractivity contribution is -0.143. The number of carbonyl (C=O) groups excluding carboxylic acids is 2. The van der Waals surface area contributed by atoms with E-state index in [4.69, 9.17) is 9.47 Å². The van der Waals surface area contributed by atoms with E-state index in [-0.39, 0.29) is 31.8 Å². The SMILES string of the molecule is CCOC(=O)CC1NS(=O)(=O)N(CCCc2ccccc2)C=C1C(=O)OCC. The Hall–Kier alpha value is -2.39. The van der Waals surface area contributed by atoms with Crippen LogP contribution in [0.15, 0.2) is 42.1 Å². The number of esters is 2. The van der Waals surface area contributed by atoms with Crippen molar-refractivity contribution in [1.29, 1.82) is 0 Å². The molecule has 0 radical (unpaired) electrons. The predicted molar refractivity (Wildman–Crippen MR) is 103 cm³/mol. The van der Waals surface area contributed by atoms with Crippen molar-refractivity contribution in [3.05, 3.63) is 47.7 Å². The van der Waals surface area contributed by atoms with E-state index < -0.39 is 28.2 Å². The normalized spacial score (nSPS) is 18.3. The number of aryl methyl sites for hydroxylation is 1. The number of hydrogen-bond acceptors (Lipinski definition) is 6. The number of benzene rings is 1. The zero-order chi connectivity index (χ0) is 20.6. The molecule has 1 unspecified atom stereocenters. The van der Waals surface area contributed by atoms with Crippen molar-refractivity contribution in [2.24, 2.45) is 0 Å². The molecule has 1 aliphatic rings. The maximum Gasteiger partial charge on any atom is 0.337 e. The summed E-state index contributed by atoms with van der Waals surface area (Å²) in [7, 11) is -3.88.